The Labute approximate surface area is 231 Å². The van der Waals surface area contributed by atoms with Crippen LogP contribution < -0.4 is 4.74 Å². The standard InChI is InChI=1S/C34H36O5/c1-2-26-18-20-30(21-19-26)39-34-33(37-24-29-16-10-5-11-17-29)32(36-23-28-14-8-4-9-15-28)31(25-38-34)35-22-27-12-6-3-7-13-27/h3-21,31-34H,2,22-25H2,1H3/t31-,32+,33-,34+/m1/s1. The van der Waals surface area contributed by atoms with Gasteiger partial charge in [-0.2, -0.15) is 0 Å². The van der Waals surface area contributed by atoms with Gasteiger partial charge in [-0.05, 0) is 40.8 Å². The summed E-state index contributed by atoms with van der Waals surface area (Å²) in [7, 11) is 0. The van der Waals surface area contributed by atoms with Crippen molar-refractivity contribution in [1.82, 2.24) is 0 Å². The molecule has 1 aliphatic rings. The molecule has 4 aromatic rings. The Balaban J connectivity index is 1.38. The number of rotatable bonds is 12. The van der Waals surface area contributed by atoms with Gasteiger partial charge in [0.2, 0.25) is 6.29 Å². The van der Waals surface area contributed by atoms with Crippen LogP contribution in [0.2, 0.25) is 0 Å². The van der Waals surface area contributed by atoms with Crippen LogP contribution in [0.1, 0.15) is 29.2 Å². The summed E-state index contributed by atoms with van der Waals surface area (Å²) >= 11 is 0. The average Bonchev–Trinajstić information content (AvgIpc) is 3.00. The normalized spacial score (nSPS) is 20.9. The molecular formula is C34H36O5. The van der Waals surface area contributed by atoms with Gasteiger partial charge >= 0.3 is 0 Å². The molecule has 39 heavy (non-hydrogen) atoms. The smallest absolute Gasteiger partial charge is 0.229 e. The van der Waals surface area contributed by atoms with Crippen LogP contribution >= 0.6 is 0 Å². The summed E-state index contributed by atoms with van der Waals surface area (Å²) in [5, 5.41) is 0. The van der Waals surface area contributed by atoms with Gasteiger partial charge in [-0.1, -0.05) is 110 Å². The predicted octanol–water partition coefficient (Wildman–Crippen LogP) is 6.74. The molecule has 0 unspecified atom stereocenters. The molecule has 1 fully saturated rings. The summed E-state index contributed by atoms with van der Waals surface area (Å²) in [5.74, 6) is 0.732. The summed E-state index contributed by atoms with van der Waals surface area (Å²) in [6, 6.07) is 38.5. The molecule has 0 aromatic heterocycles. The summed E-state index contributed by atoms with van der Waals surface area (Å²) in [6.45, 7) is 3.75. The van der Waals surface area contributed by atoms with E-state index in [9.17, 15) is 0 Å². The van der Waals surface area contributed by atoms with Gasteiger partial charge in [0.15, 0.2) is 0 Å². The molecule has 4 atom stereocenters. The minimum absolute atomic E-state index is 0.329. The molecule has 202 valence electrons. The van der Waals surface area contributed by atoms with Gasteiger partial charge in [-0.3, -0.25) is 0 Å². The SMILES string of the molecule is CCc1ccc(O[C@@H]2OC[C@@H](OCc3ccccc3)[C@H](OCc3ccccc3)[C@H]2OCc2ccccc2)cc1. The molecular weight excluding hydrogens is 488 g/mol. The van der Waals surface area contributed by atoms with E-state index >= 15 is 0 Å². The Kier molecular flexibility index (Phi) is 9.77. The van der Waals surface area contributed by atoms with Gasteiger partial charge in [-0.25, -0.2) is 0 Å². The second kappa shape index (κ2) is 14.1. The number of ether oxygens (including phenoxy) is 5. The fourth-order valence-electron chi connectivity index (χ4n) is 4.61. The third-order valence-electron chi connectivity index (χ3n) is 6.84. The molecule has 0 aliphatic carbocycles. The molecule has 1 heterocycles. The van der Waals surface area contributed by atoms with Gasteiger partial charge in [0, 0.05) is 0 Å². The Hall–Kier alpha value is -3.48. The minimum atomic E-state index is -0.654. The van der Waals surface area contributed by atoms with Crippen molar-refractivity contribution in [2.75, 3.05) is 6.61 Å². The zero-order valence-corrected chi connectivity index (χ0v) is 22.4. The molecule has 0 spiro atoms. The summed E-state index contributed by atoms with van der Waals surface area (Å²) in [4.78, 5) is 0. The minimum Gasteiger partial charge on any atom is -0.462 e. The van der Waals surface area contributed by atoms with Crippen LogP contribution in [0.25, 0.3) is 0 Å². The fourth-order valence-corrected chi connectivity index (χ4v) is 4.61. The second-order valence-electron chi connectivity index (χ2n) is 9.67. The van der Waals surface area contributed by atoms with Gasteiger partial charge in [0.25, 0.3) is 0 Å². The molecule has 4 aromatic carbocycles. The van der Waals surface area contributed by atoms with Crippen LogP contribution in [0.5, 0.6) is 5.75 Å². The van der Waals surface area contributed by atoms with Crippen molar-refractivity contribution in [3.8, 4) is 5.75 Å². The third kappa shape index (κ3) is 7.78. The summed E-state index contributed by atoms with van der Waals surface area (Å²) < 4.78 is 32.1. The van der Waals surface area contributed by atoms with Gasteiger partial charge in [-0.15, -0.1) is 0 Å². The van der Waals surface area contributed by atoms with Crippen LogP contribution in [0.4, 0.5) is 0 Å². The van der Waals surface area contributed by atoms with Gasteiger partial charge in [0.05, 0.1) is 26.4 Å². The highest BCUT2D eigenvalue weighted by Gasteiger charge is 2.44. The summed E-state index contributed by atoms with van der Waals surface area (Å²) in [5.41, 5.74) is 4.50. The van der Waals surface area contributed by atoms with Gasteiger partial charge < -0.3 is 23.7 Å². The maximum Gasteiger partial charge on any atom is 0.229 e. The largest absolute Gasteiger partial charge is 0.462 e. The van der Waals surface area contributed by atoms with E-state index in [0.29, 0.717) is 26.4 Å². The Morgan fingerprint density at radius 1 is 0.564 bits per heavy atom. The zero-order valence-electron chi connectivity index (χ0n) is 22.4. The molecule has 1 saturated heterocycles. The lowest BCUT2D eigenvalue weighted by Crippen LogP contribution is -2.57. The van der Waals surface area contributed by atoms with E-state index < -0.39 is 18.5 Å². The Bertz CT molecular complexity index is 1230. The summed E-state index contributed by atoms with van der Waals surface area (Å²) in [6.07, 6.45) is -0.949. The quantitative estimate of drug-likeness (QED) is 0.205. The van der Waals surface area contributed by atoms with E-state index in [2.05, 4.69) is 43.3 Å². The van der Waals surface area contributed by atoms with E-state index in [1.165, 1.54) is 5.56 Å². The average molecular weight is 525 g/mol. The number of hydrogen-bond acceptors (Lipinski definition) is 5. The van der Waals surface area contributed by atoms with Crippen LogP contribution in [-0.2, 0) is 45.2 Å². The number of benzene rings is 4. The first kappa shape index (κ1) is 27.1. The predicted molar refractivity (Wildman–Crippen MR) is 151 cm³/mol. The van der Waals surface area contributed by atoms with Crippen LogP contribution in [0.3, 0.4) is 0 Å². The van der Waals surface area contributed by atoms with Crippen molar-refractivity contribution < 1.29 is 23.7 Å². The topological polar surface area (TPSA) is 46.2 Å². The van der Waals surface area contributed by atoms with Crippen LogP contribution in [0.15, 0.2) is 115 Å². The lowest BCUT2D eigenvalue weighted by molar-refractivity contribution is -0.278. The van der Waals surface area contributed by atoms with Gasteiger partial charge in [0.1, 0.15) is 24.1 Å². The fraction of sp³-hybridized carbons (Fsp3) is 0.294. The van der Waals surface area contributed by atoms with E-state index in [1.54, 1.807) is 0 Å². The lowest BCUT2D eigenvalue weighted by atomic mass is 10.0. The lowest BCUT2D eigenvalue weighted by Gasteiger charge is -2.41. The monoisotopic (exact) mass is 524 g/mol. The van der Waals surface area contributed by atoms with Crippen LogP contribution in [-0.4, -0.2) is 31.2 Å². The molecule has 5 nitrogen and oxygen atoms in total. The van der Waals surface area contributed by atoms with Crippen molar-refractivity contribution in [1.29, 1.82) is 0 Å². The number of hydrogen-bond donors (Lipinski definition) is 0. The maximum atomic E-state index is 6.57. The molecule has 1 aliphatic heterocycles. The van der Waals surface area contributed by atoms with E-state index in [-0.39, 0.29) is 6.10 Å². The van der Waals surface area contributed by atoms with Crippen molar-refractivity contribution in [3.63, 3.8) is 0 Å². The molecule has 5 rings (SSSR count). The first-order chi connectivity index (χ1) is 19.3. The molecule has 0 bridgehead atoms. The third-order valence-corrected chi connectivity index (χ3v) is 6.84. The van der Waals surface area contributed by atoms with Crippen molar-refractivity contribution in [2.45, 2.75) is 57.8 Å². The Morgan fingerprint density at radius 2 is 1.05 bits per heavy atom. The van der Waals surface area contributed by atoms with E-state index in [1.807, 2.05) is 78.9 Å². The van der Waals surface area contributed by atoms with Crippen LogP contribution in [0, 0.1) is 0 Å². The molecule has 5 heteroatoms. The Morgan fingerprint density at radius 3 is 1.56 bits per heavy atom. The first-order valence-corrected chi connectivity index (χ1v) is 13.6. The van der Waals surface area contributed by atoms with E-state index in [4.69, 9.17) is 23.7 Å². The molecule has 0 saturated carbocycles. The molecule has 0 N–H and O–H groups in total. The maximum absolute atomic E-state index is 6.57. The first-order valence-electron chi connectivity index (χ1n) is 13.6. The zero-order chi connectivity index (χ0) is 26.7. The molecule has 0 radical (unpaired) electrons. The van der Waals surface area contributed by atoms with E-state index in [0.717, 1.165) is 28.9 Å². The highest BCUT2D eigenvalue weighted by atomic mass is 16.7. The number of aryl methyl sites for hydroxylation is 1. The highest BCUT2D eigenvalue weighted by Crippen LogP contribution is 2.29. The molecule has 0 amide bonds. The highest BCUT2D eigenvalue weighted by molar-refractivity contribution is 5.27. The second-order valence-corrected chi connectivity index (χ2v) is 9.67. The van der Waals surface area contributed by atoms with Crippen molar-refractivity contribution >= 4 is 0 Å². The van der Waals surface area contributed by atoms with Crippen molar-refractivity contribution in [3.05, 3.63) is 138 Å². The van der Waals surface area contributed by atoms with Crippen molar-refractivity contribution in [2.24, 2.45) is 0 Å².